The molecular formula is C21H22N2O3. The van der Waals surface area contributed by atoms with E-state index < -0.39 is 0 Å². The monoisotopic (exact) mass is 350 g/mol. The van der Waals surface area contributed by atoms with E-state index in [1.54, 1.807) is 0 Å². The zero-order chi connectivity index (χ0) is 18.4. The number of hydrogen-bond donors (Lipinski definition) is 1. The Labute approximate surface area is 153 Å². The van der Waals surface area contributed by atoms with Gasteiger partial charge in [-0.3, -0.25) is 19.3 Å². The number of benzene rings is 2. The molecule has 3 rings (SSSR count). The molecule has 2 aromatic carbocycles. The van der Waals surface area contributed by atoms with Crippen LogP contribution in [0, 0.1) is 0 Å². The Hall–Kier alpha value is -2.95. The first kappa shape index (κ1) is 17.9. The van der Waals surface area contributed by atoms with Gasteiger partial charge in [0.15, 0.2) is 0 Å². The lowest BCUT2D eigenvalue weighted by Gasteiger charge is -2.20. The molecule has 0 atom stereocenters. The average molecular weight is 350 g/mol. The molecular weight excluding hydrogens is 328 g/mol. The molecule has 1 aliphatic rings. The van der Waals surface area contributed by atoms with E-state index in [2.05, 4.69) is 5.32 Å². The van der Waals surface area contributed by atoms with Crippen molar-refractivity contribution in [2.24, 2.45) is 0 Å². The van der Waals surface area contributed by atoms with Gasteiger partial charge < -0.3 is 5.32 Å². The van der Waals surface area contributed by atoms with Gasteiger partial charge in [-0.15, -0.1) is 0 Å². The molecule has 1 N–H and O–H groups in total. The predicted molar refractivity (Wildman–Crippen MR) is 98.1 cm³/mol. The molecule has 0 unspecified atom stereocenters. The minimum atomic E-state index is -0.222. The number of rotatable bonds is 7. The Bertz CT molecular complexity index is 719. The number of likely N-dealkylation sites (tertiary alicyclic amines) is 1. The number of carbonyl (C=O) groups excluding carboxylic acids is 3. The van der Waals surface area contributed by atoms with Gasteiger partial charge in [-0.05, 0) is 17.5 Å². The summed E-state index contributed by atoms with van der Waals surface area (Å²) < 4.78 is 0. The van der Waals surface area contributed by atoms with Gasteiger partial charge in [0.05, 0.1) is 6.04 Å². The molecule has 3 amide bonds. The maximum Gasteiger partial charge on any atom is 0.229 e. The fraction of sp³-hybridized carbons (Fsp3) is 0.286. The highest BCUT2D eigenvalue weighted by atomic mass is 16.2. The second-order valence-electron chi connectivity index (χ2n) is 6.36. The fourth-order valence-corrected chi connectivity index (χ4v) is 3.15. The quantitative estimate of drug-likeness (QED) is 0.781. The van der Waals surface area contributed by atoms with Gasteiger partial charge >= 0.3 is 0 Å². The van der Waals surface area contributed by atoms with Crippen LogP contribution in [0.2, 0.25) is 0 Å². The van der Waals surface area contributed by atoms with Crippen LogP contribution in [0.1, 0.15) is 42.9 Å². The van der Waals surface area contributed by atoms with Crippen molar-refractivity contribution in [2.75, 3.05) is 6.54 Å². The van der Waals surface area contributed by atoms with Crippen LogP contribution in [0.5, 0.6) is 0 Å². The molecule has 2 aromatic rings. The Kier molecular flexibility index (Phi) is 5.79. The van der Waals surface area contributed by atoms with E-state index in [1.807, 2.05) is 60.7 Å². The number of hydrogen-bond acceptors (Lipinski definition) is 3. The van der Waals surface area contributed by atoms with Crippen LogP contribution < -0.4 is 5.32 Å². The summed E-state index contributed by atoms with van der Waals surface area (Å²) in [5, 5.41) is 3.07. The molecule has 1 fully saturated rings. The third-order valence-corrected chi connectivity index (χ3v) is 4.51. The summed E-state index contributed by atoms with van der Waals surface area (Å²) >= 11 is 0. The molecule has 1 aliphatic heterocycles. The summed E-state index contributed by atoms with van der Waals surface area (Å²) in [5.74, 6) is -0.370. The van der Waals surface area contributed by atoms with E-state index in [-0.39, 0.29) is 43.0 Å². The van der Waals surface area contributed by atoms with Crippen molar-refractivity contribution in [1.29, 1.82) is 0 Å². The number of nitrogens with one attached hydrogen (secondary N) is 1. The average Bonchev–Trinajstić information content (AvgIpc) is 2.99. The Morgan fingerprint density at radius 2 is 1.38 bits per heavy atom. The van der Waals surface area contributed by atoms with Gasteiger partial charge in [0.25, 0.3) is 0 Å². The lowest BCUT2D eigenvalue weighted by Crippen LogP contribution is -2.32. The minimum absolute atomic E-state index is 0.0956. The summed E-state index contributed by atoms with van der Waals surface area (Å²) in [4.78, 5) is 36.9. The molecule has 1 saturated heterocycles. The summed E-state index contributed by atoms with van der Waals surface area (Å²) in [6.45, 7) is 0.312. The van der Waals surface area contributed by atoms with Gasteiger partial charge in [0.2, 0.25) is 17.7 Å². The molecule has 134 valence electrons. The van der Waals surface area contributed by atoms with Crippen molar-refractivity contribution in [3.05, 3.63) is 71.8 Å². The Morgan fingerprint density at radius 1 is 0.885 bits per heavy atom. The highest BCUT2D eigenvalue weighted by molar-refractivity contribution is 6.01. The number of carbonyl (C=O) groups is 3. The highest BCUT2D eigenvalue weighted by Crippen LogP contribution is 2.22. The first-order valence-electron chi connectivity index (χ1n) is 8.87. The Balaban J connectivity index is 1.61. The molecule has 0 aliphatic carbocycles. The van der Waals surface area contributed by atoms with Crippen LogP contribution in [0.25, 0.3) is 0 Å². The standard InChI is InChI=1S/C21H22N2O3/c24-18(12-7-15-23-19(25)13-14-20(23)26)22-21(16-8-3-1-4-9-16)17-10-5-2-6-11-17/h1-6,8-11,21H,7,12-15H2,(H,22,24). The van der Waals surface area contributed by atoms with E-state index >= 15 is 0 Å². The van der Waals surface area contributed by atoms with Gasteiger partial charge in [-0.1, -0.05) is 60.7 Å². The summed E-state index contributed by atoms with van der Waals surface area (Å²) in [7, 11) is 0. The third-order valence-electron chi connectivity index (χ3n) is 4.51. The van der Waals surface area contributed by atoms with Crippen molar-refractivity contribution in [1.82, 2.24) is 10.2 Å². The Morgan fingerprint density at radius 3 is 1.88 bits per heavy atom. The third kappa shape index (κ3) is 4.36. The van der Waals surface area contributed by atoms with Crippen molar-refractivity contribution in [2.45, 2.75) is 31.7 Å². The van der Waals surface area contributed by atoms with E-state index in [4.69, 9.17) is 0 Å². The summed E-state index contributed by atoms with van der Waals surface area (Å²) in [6.07, 6.45) is 1.32. The number of nitrogens with zero attached hydrogens (tertiary/aromatic N) is 1. The van der Waals surface area contributed by atoms with E-state index in [0.717, 1.165) is 11.1 Å². The minimum Gasteiger partial charge on any atom is -0.345 e. The van der Waals surface area contributed by atoms with Crippen LogP contribution in [-0.2, 0) is 14.4 Å². The molecule has 5 nitrogen and oxygen atoms in total. The second kappa shape index (κ2) is 8.43. The smallest absolute Gasteiger partial charge is 0.229 e. The molecule has 0 spiro atoms. The van der Waals surface area contributed by atoms with Crippen molar-refractivity contribution in [3.63, 3.8) is 0 Å². The van der Waals surface area contributed by atoms with E-state index in [9.17, 15) is 14.4 Å². The number of imide groups is 1. The SMILES string of the molecule is O=C(CCCN1C(=O)CCC1=O)NC(c1ccccc1)c1ccccc1. The second-order valence-corrected chi connectivity index (χ2v) is 6.36. The fourth-order valence-electron chi connectivity index (χ4n) is 3.15. The molecule has 0 radical (unpaired) electrons. The lowest BCUT2D eigenvalue weighted by molar-refractivity contribution is -0.138. The number of amides is 3. The largest absolute Gasteiger partial charge is 0.345 e. The first-order chi connectivity index (χ1) is 12.6. The van der Waals surface area contributed by atoms with Crippen LogP contribution in [0.4, 0.5) is 0 Å². The zero-order valence-corrected chi connectivity index (χ0v) is 14.6. The van der Waals surface area contributed by atoms with Crippen molar-refractivity contribution >= 4 is 17.7 Å². The maximum atomic E-state index is 12.4. The first-order valence-corrected chi connectivity index (χ1v) is 8.87. The lowest BCUT2D eigenvalue weighted by atomic mass is 9.98. The van der Waals surface area contributed by atoms with Crippen molar-refractivity contribution < 1.29 is 14.4 Å². The maximum absolute atomic E-state index is 12.4. The van der Waals surface area contributed by atoms with E-state index in [1.165, 1.54) is 4.90 Å². The van der Waals surface area contributed by atoms with Crippen LogP contribution in [0.3, 0.4) is 0 Å². The molecule has 5 heteroatoms. The van der Waals surface area contributed by atoms with Gasteiger partial charge in [0, 0.05) is 25.8 Å². The van der Waals surface area contributed by atoms with Crippen molar-refractivity contribution in [3.8, 4) is 0 Å². The van der Waals surface area contributed by atoms with Gasteiger partial charge in [-0.2, -0.15) is 0 Å². The van der Waals surface area contributed by atoms with Gasteiger partial charge in [0.1, 0.15) is 0 Å². The normalized spacial score (nSPS) is 14.1. The molecule has 0 aromatic heterocycles. The summed E-state index contributed by atoms with van der Waals surface area (Å²) in [5.41, 5.74) is 2.02. The zero-order valence-electron chi connectivity index (χ0n) is 14.6. The highest BCUT2D eigenvalue weighted by Gasteiger charge is 2.28. The van der Waals surface area contributed by atoms with Gasteiger partial charge in [-0.25, -0.2) is 0 Å². The summed E-state index contributed by atoms with van der Waals surface area (Å²) in [6, 6.07) is 19.4. The molecule has 0 bridgehead atoms. The predicted octanol–water partition coefficient (Wildman–Crippen LogP) is 2.82. The molecule has 0 saturated carbocycles. The van der Waals surface area contributed by atoms with Crippen LogP contribution in [0.15, 0.2) is 60.7 Å². The topological polar surface area (TPSA) is 66.5 Å². The molecule has 26 heavy (non-hydrogen) atoms. The van der Waals surface area contributed by atoms with E-state index in [0.29, 0.717) is 13.0 Å². The van der Waals surface area contributed by atoms with Crippen LogP contribution >= 0.6 is 0 Å². The van der Waals surface area contributed by atoms with Crippen LogP contribution in [-0.4, -0.2) is 29.2 Å². The molecule has 1 heterocycles.